The van der Waals surface area contributed by atoms with Gasteiger partial charge in [0.1, 0.15) is 0 Å². The molecule has 2 heterocycles. The number of aromatic nitrogens is 3. The monoisotopic (exact) mass is 331 g/mol. The highest BCUT2D eigenvalue weighted by molar-refractivity contribution is 7.97. The molecule has 1 saturated heterocycles. The maximum absolute atomic E-state index is 12.3. The van der Waals surface area contributed by atoms with E-state index < -0.39 is 0 Å². The third-order valence-corrected chi connectivity index (χ3v) is 4.57. The third kappa shape index (κ3) is 4.11. The predicted octanol–water partition coefficient (Wildman–Crippen LogP) is 2.32. The summed E-state index contributed by atoms with van der Waals surface area (Å²) in [6, 6.07) is 8.22. The standard InChI is InChI=1S/C16H21N5OS/c1-23-11-12-2-4-13(5-3-12)18-16(22)15-10-21(20-19-15)14-6-8-17-9-7-14/h2-5,10,14,17H,6-9,11H2,1H3,(H,18,22). The molecule has 1 fully saturated rings. The molecule has 2 aromatic rings. The number of carbonyl (C=O) groups excluding carboxylic acids is 1. The van der Waals surface area contributed by atoms with Gasteiger partial charge in [0.25, 0.3) is 5.91 Å². The zero-order chi connectivity index (χ0) is 16.1. The predicted molar refractivity (Wildman–Crippen MR) is 92.8 cm³/mol. The second kappa shape index (κ2) is 7.61. The molecule has 1 amide bonds. The van der Waals surface area contributed by atoms with Gasteiger partial charge in [0.2, 0.25) is 0 Å². The normalized spacial score (nSPS) is 15.5. The summed E-state index contributed by atoms with van der Waals surface area (Å²) in [6.07, 6.45) is 5.84. The number of benzene rings is 1. The van der Waals surface area contributed by atoms with Crippen LogP contribution in [0.25, 0.3) is 0 Å². The van der Waals surface area contributed by atoms with E-state index in [0.717, 1.165) is 37.4 Å². The quantitative estimate of drug-likeness (QED) is 0.880. The Morgan fingerprint density at radius 3 is 2.78 bits per heavy atom. The van der Waals surface area contributed by atoms with E-state index in [1.807, 2.05) is 28.9 Å². The molecule has 122 valence electrons. The minimum atomic E-state index is -0.220. The summed E-state index contributed by atoms with van der Waals surface area (Å²) in [5.41, 5.74) is 2.38. The number of nitrogens with one attached hydrogen (secondary N) is 2. The highest BCUT2D eigenvalue weighted by atomic mass is 32.2. The van der Waals surface area contributed by atoms with Gasteiger partial charge >= 0.3 is 0 Å². The summed E-state index contributed by atoms with van der Waals surface area (Å²) in [5.74, 6) is 0.751. The van der Waals surface area contributed by atoms with Crippen LogP contribution in [0.4, 0.5) is 5.69 Å². The first-order valence-corrected chi connectivity index (χ1v) is 9.17. The zero-order valence-corrected chi connectivity index (χ0v) is 14.0. The van der Waals surface area contributed by atoms with Crippen molar-refractivity contribution in [3.05, 3.63) is 41.7 Å². The van der Waals surface area contributed by atoms with Crippen LogP contribution in [-0.2, 0) is 5.75 Å². The first-order valence-electron chi connectivity index (χ1n) is 7.78. The maximum Gasteiger partial charge on any atom is 0.277 e. The molecule has 0 radical (unpaired) electrons. The Kier molecular flexibility index (Phi) is 5.30. The van der Waals surface area contributed by atoms with E-state index >= 15 is 0 Å². The largest absolute Gasteiger partial charge is 0.321 e. The minimum absolute atomic E-state index is 0.220. The molecule has 23 heavy (non-hydrogen) atoms. The highest BCUT2D eigenvalue weighted by Crippen LogP contribution is 2.18. The first kappa shape index (κ1) is 16.0. The lowest BCUT2D eigenvalue weighted by Crippen LogP contribution is -2.29. The molecule has 7 heteroatoms. The number of anilines is 1. The van der Waals surface area contributed by atoms with Gasteiger partial charge in [0.15, 0.2) is 5.69 Å². The van der Waals surface area contributed by atoms with Crippen LogP contribution in [0.2, 0.25) is 0 Å². The summed E-state index contributed by atoms with van der Waals surface area (Å²) in [4.78, 5) is 12.3. The maximum atomic E-state index is 12.3. The number of piperidine rings is 1. The fourth-order valence-corrected chi connectivity index (χ4v) is 3.20. The molecule has 3 rings (SSSR count). The van der Waals surface area contributed by atoms with Crippen molar-refractivity contribution in [2.45, 2.75) is 24.6 Å². The second-order valence-corrected chi connectivity index (χ2v) is 6.52. The molecule has 1 aliphatic rings. The van der Waals surface area contributed by atoms with Crippen molar-refractivity contribution < 1.29 is 4.79 Å². The van der Waals surface area contributed by atoms with Crippen LogP contribution in [0.5, 0.6) is 0 Å². The average Bonchev–Trinajstić information content (AvgIpc) is 3.08. The number of hydrogen-bond donors (Lipinski definition) is 2. The second-order valence-electron chi connectivity index (χ2n) is 5.65. The molecule has 0 saturated carbocycles. The summed E-state index contributed by atoms with van der Waals surface area (Å²) in [6.45, 7) is 1.96. The molecule has 2 N–H and O–H groups in total. The Morgan fingerprint density at radius 1 is 1.35 bits per heavy atom. The topological polar surface area (TPSA) is 71.8 Å². The van der Waals surface area contributed by atoms with E-state index in [1.54, 1.807) is 18.0 Å². The minimum Gasteiger partial charge on any atom is -0.321 e. The van der Waals surface area contributed by atoms with Gasteiger partial charge in [0.05, 0.1) is 12.2 Å². The van der Waals surface area contributed by atoms with Gasteiger partial charge in [-0.3, -0.25) is 4.79 Å². The van der Waals surface area contributed by atoms with Crippen LogP contribution in [0.15, 0.2) is 30.5 Å². The van der Waals surface area contributed by atoms with Crippen molar-refractivity contribution in [3.63, 3.8) is 0 Å². The van der Waals surface area contributed by atoms with Gasteiger partial charge in [-0.2, -0.15) is 11.8 Å². The van der Waals surface area contributed by atoms with E-state index in [-0.39, 0.29) is 5.91 Å². The Bertz CT molecular complexity index is 649. The highest BCUT2D eigenvalue weighted by Gasteiger charge is 2.18. The number of rotatable bonds is 5. The molecule has 0 spiro atoms. The van der Waals surface area contributed by atoms with Crippen molar-refractivity contribution >= 4 is 23.4 Å². The van der Waals surface area contributed by atoms with Crippen molar-refractivity contribution in [2.24, 2.45) is 0 Å². The van der Waals surface area contributed by atoms with Crippen molar-refractivity contribution in [1.29, 1.82) is 0 Å². The average molecular weight is 331 g/mol. The Balaban J connectivity index is 1.62. The number of nitrogens with zero attached hydrogens (tertiary/aromatic N) is 3. The van der Waals surface area contributed by atoms with Gasteiger partial charge in [-0.15, -0.1) is 5.10 Å². The van der Waals surface area contributed by atoms with E-state index in [0.29, 0.717) is 11.7 Å². The SMILES string of the molecule is CSCc1ccc(NC(=O)c2cn(C3CCNCC3)nn2)cc1. The van der Waals surface area contributed by atoms with Crippen LogP contribution < -0.4 is 10.6 Å². The van der Waals surface area contributed by atoms with Gasteiger partial charge in [-0.25, -0.2) is 4.68 Å². The molecule has 1 aliphatic heterocycles. The summed E-state index contributed by atoms with van der Waals surface area (Å²) >= 11 is 1.77. The van der Waals surface area contributed by atoms with Crippen LogP contribution in [-0.4, -0.2) is 40.2 Å². The van der Waals surface area contributed by atoms with Crippen LogP contribution in [0.3, 0.4) is 0 Å². The molecule has 0 unspecified atom stereocenters. The number of hydrogen-bond acceptors (Lipinski definition) is 5. The molecular formula is C16H21N5OS. The van der Waals surface area contributed by atoms with Gasteiger partial charge in [0, 0.05) is 11.4 Å². The molecule has 1 aromatic carbocycles. The Hall–Kier alpha value is -1.86. The molecule has 0 atom stereocenters. The number of thioether (sulfide) groups is 1. The van der Waals surface area contributed by atoms with E-state index in [1.165, 1.54) is 5.56 Å². The first-order chi connectivity index (χ1) is 11.3. The Morgan fingerprint density at radius 2 is 2.09 bits per heavy atom. The number of carbonyl (C=O) groups is 1. The zero-order valence-electron chi connectivity index (χ0n) is 13.2. The van der Waals surface area contributed by atoms with E-state index in [2.05, 4.69) is 27.2 Å². The third-order valence-electron chi connectivity index (χ3n) is 3.95. The van der Waals surface area contributed by atoms with Crippen LogP contribution >= 0.6 is 11.8 Å². The summed E-state index contributed by atoms with van der Waals surface area (Å²) in [7, 11) is 0. The van der Waals surface area contributed by atoms with Crippen molar-refractivity contribution in [1.82, 2.24) is 20.3 Å². The summed E-state index contributed by atoms with van der Waals surface area (Å²) < 4.78 is 1.82. The van der Waals surface area contributed by atoms with E-state index in [9.17, 15) is 4.79 Å². The van der Waals surface area contributed by atoms with Crippen LogP contribution in [0, 0.1) is 0 Å². The van der Waals surface area contributed by atoms with E-state index in [4.69, 9.17) is 0 Å². The van der Waals surface area contributed by atoms with Crippen molar-refractivity contribution in [2.75, 3.05) is 24.7 Å². The smallest absolute Gasteiger partial charge is 0.277 e. The number of amides is 1. The lowest BCUT2D eigenvalue weighted by Gasteiger charge is -2.22. The molecule has 6 nitrogen and oxygen atoms in total. The molecular weight excluding hydrogens is 310 g/mol. The van der Waals surface area contributed by atoms with Gasteiger partial charge in [-0.05, 0) is 49.9 Å². The molecule has 0 bridgehead atoms. The van der Waals surface area contributed by atoms with Gasteiger partial charge in [-0.1, -0.05) is 17.3 Å². The lowest BCUT2D eigenvalue weighted by molar-refractivity contribution is 0.102. The Labute approximate surface area is 140 Å². The molecule has 1 aromatic heterocycles. The van der Waals surface area contributed by atoms with Crippen LogP contribution in [0.1, 0.15) is 34.9 Å². The fourth-order valence-electron chi connectivity index (χ4n) is 2.68. The van der Waals surface area contributed by atoms with Crippen molar-refractivity contribution in [3.8, 4) is 0 Å². The fraction of sp³-hybridized carbons (Fsp3) is 0.438. The van der Waals surface area contributed by atoms with Gasteiger partial charge < -0.3 is 10.6 Å². The lowest BCUT2D eigenvalue weighted by atomic mass is 10.1. The summed E-state index contributed by atoms with van der Waals surface area (Å²) in [5, 5.41) is 14.3. The molecule has 0 aliphatic carbocycles.